The van der Waals surface area contributed by atoms with E-state index in [2.05, 4.69) is 36.1 Å². The van der Waals surface area contributed by atoms with Crippen molar-refractivity contribution in [3.63, 3.8) is 0 Å². The van der Waals surface area contributed by atoms with E-state index in [9.17, 15) is 4.79 Å². The van der Waals surface area contributed by atoms with Crippen LogP contribution in [0.2, 0.25) is 5.02 Å². The highest BCUT2D eigenvalue weighted by Gasteiger charge is 2.15. The molecule has 164 valence electrons. The van der Waals surface area contributed by atoms with Crippen LogP contribution < -0.4 is 10.9 Å². The third-order valence-electron chi connectivity index (χ3n) is 5.46. The number of halogens is 1. The Kier molecular flexibility index (Phi) is 8.24. The molecule has 3 rings (SSSR count). The zero-order valence-corrected chi connectivity index (χ0v) is 19.3. The van der Waals surface area contributed by atoms with Gasteiger partial charge in [-0.3, -0.25) is 4.79 Å². The van der Waals surface area contributed by atoms with Crippen molar-refractivity contribution in [2.45, 2.75) is 65.0 Å². The van der Waals surface area contributed by atoms with Crippen LogP contribution in [0, 0.1) is 0 Å². The monoisotopic (exact) mass is 438 g/mol. The van der Waals surface area contributed by atoms with Crippen LogP contribution >= 0.6 is 11.6 Å². The van der Waals surface area contributed by atoms with Crippen LogP contribution in [0.5, 0.6) is 0 Å². The maximum absolute atomic E-state index is 13.0. The highest BCUT2D eigenvalue weighted by Crippen LogP contribution is 2.24. The van der Waals surface area contributed by atoms with Crippen molar-refractivity contribution in [2.24, 2.45) is 0 Å². The van der Waals surface area contributed by atoms with E-state index >= 15 is 0 Å². The maximum atomic E-state index is 13.0. The molecule has 1 unspecified atom stereocenters. The Bertz CT molecular complexity index is 1040. The summed E-state index contributed by atoms with van der Waals surface area (Å²) in [5.74, 6) is 0.610. The Morgan fingerprint density at radius 2 is 1.84 bits per heavy atom. The zero-order valence-electron chi connectivity index (χ0n) is 18.5. The van der Waals surface area contributed by atoms with E-state index in [1.54, 1.807) is 16.8 Å². The number of hydrogen-bond donors (Lipinski definition) is 1. The van der Waals surface area contributed by atoms with Gasteiger partial charge in [0.15, 0.2) is 0 Å². The third-order valence-corrected chi connectivity index (χ3v) is 5.70. The number of benzene rings is 1. The van der Waals surface area contributed by atoms with Gasteiger partial charge in [0.2, 0.25) is 5.95 Å². The Morgan fingerprint density at radius 1 is 1.06 bits per heavy atom. The number of hydrogen-bond acceptors (Lipinski definition) is 4. The van der Waals surface area contributed by atoms with Gasteiger partial charge in [-0.25, -0.2) is 9.97 Å². The standard InChI is InChI=1S/C25H31ClN4O/c1-4-8-21(9-5-2)28-25-27-14-12-22(29-25)18-13-15-30(24(31)17-18)23(6-3)19-10-7-11-20(26)16-19/h7,10-17,21,23H,4-6,8-9H2,1-3H3,(H,27,28,29). The Hall–Kier alpha value is -2.66. The van der Waals surface area contributed by atoms with Crippen LogP contribution in [0.25, 0.3) is 11.3 Å². The number of aromatic nitrogens is 3. The van der Waals surface area contributed by atoms with E-state index in [0.717, 1.165) is 48.9 Å². The number of nitrogens with zero attached hydrogens (tertiary/aromatic N) is 3. The topological polar surface area (TPSA) is 59.8 Å². The van der Waals surface area contributed by atoms with Gasteiger partial charge in [-0.05, 0) is 49.1 Å². The largest absolute Gasteiger partial charge is 0.351 e. The fraction of sp³-hybridized carbons (Fsp3) is 0.400. The molecule has 0 spiro atoms. The van der Waals surface area contributed by atoms with E-state index in [1.807, 2.05) is 42.6 Å². The Balaban J connectivity index is 1.86. The predicted molar refractivity (Wildman–Crippen MR) is 129 cm³/mol. The molecule has 2 heterocycles. The highest BCUT2D eigenvalue weighted by atomic mass is 35.5. The van der Waals surface area contributed by atoms with Crippen molar-refractivity contribution in [1.29, 1.82) is 0 Å². The lowest BCUT2D eigenvalue weighted by molar-refractivity contribution is 0.549. The van der Waals surface area contributed by atoms with Crippen molar-refractivity contribution >= 4 is 17.5 Å². The maximum Gasteiger partial charge on any atom is 0.251 e. The Labute approximate surface area is 189 Å². The van der Waals surface area contributed by atoms with Gasteiger partial charge < -0.3 is 9.88 Å². The van der Waals surface area contributed by atoms with E-state index in [4.69, 9.17) is 11.6 Å². The minimum Gasteiger partial charge on any atom is -0.351 e. The first kappa shape index (κ1) is 23.0. The van der Waals surface area contributed by atoms with Gasteiger partial charge in [0.1, 0.15) is 0 Å². The smallest absolute Gasteiger partial charge is 0.251 e. The minimum absolute atomic E-state index is 0.0627. The first-order valence-corrected chi connectivity index (χ1v) is 11.5. The molecule has 0 amide bonds. The molecule has 0 fully saturated rings. The molecule has 0 aliphatic heterocycles. The molecule has 5 nitrogen and oxygen atoms in total. The second-order valence-corrected chi connectivity index (χ2v) is 8.26. The fourth-order valence-electron chi connectivity index (χ4n) is 3.97. The second-order valence-electron chi connectivity index (χ2n) is 7.82. The number of pyridine rings is 1. The molecule has 0 bridgehead atoms. The molecule has 3 aromatic rings. The highest BCUT2D eigenvalue weighted by molar-refractivity contribution is 6.30. The van der Waals surface area contributed by atoms with Crippen LogP contribution in [0.1, 0.15) is 64.5 Å². The van der Waals surface area contributed by atoms with Gasteiger partial charge in [-0.15, -0.1) is 0 Å². The predicted octanol–water partition coefficient (Wildman–Crippen LogP) is 6.34. The van der Waals surface area contributed by atoms with Gasteiger partial charge in [0.25, 0.3) is 5.56 Å². The molecular formula is C25H31ClN4O. The number of anilines is 1. The van der Waals surface area contributed by atoms with Gasteiger partial charge in [-0.2, -0.15) is 0 Å². The van der Waals surface area contributed by atoms with E-state index in [1.165, 1.54) is 0 Å². The molecule has 1 N–H and O–H groups in total. The van der Waals surface area contributed by atoms with Gasteiger partial charge in [0.05, 0.1) is 11.7 Å². The molecule has 31 heavy (non-hydrogen) atoms. The average molecular weight is 439 g/mol. The van der Waals surface area contributed by atoms with Crippen molar-refractivity contribution in [2.75, 3.05) is 5.32 Å². The quantitative estimate of drug-likeness (QED) is 0.401. The third kappa shape index (κ3) is 5.95. The summed E-state index contributed by atoms with van der Waals surface area (Å²) in [6, 6.07) is 13.4. The first-order valence-electron chi connectivity index (χ1n) is 11.1. The molecule has 1 atom stereocenters. The van der Waals surface area contributed by atoms with Gasteiger partial charge >= 0.3 is 0 Å². The normalized spacial score (nSPS) is 12.2. The van der Waals surface area contributed by atoms with Gasteiger partial charge in [0, 0.05) is 35.1 Å². The lowest BCUT2D eigenvalue weighted by Gasteiger charge is -2.19. The molecule has 0 saturated carbocycles. The van der Waals surface area contributed by atoms with Crippen molar-refractivity contribution < 1.29 is 0 Å². The molecule has 1 aromatic carbocycles. The number of nitrogens with one attached hydrogen (secondary N) is 1. The second kappa shape index (κ2) is 11.1. The van der Waals surface area contributed by atoms with E-state index < -0.39 is 0 Å². The molecule has 0 saturated heterocycles. The molecule has 0 aliphatic rings. The zero-order chi connectivity index (χ0) is 22.2. The summed E-state index contributed by atoms with van der Waals surface area (Å²) < 4.78 is 1.76. The summed E-state index contributed by atoms with van der Waals surface area (Å²) >= 11 is 6.16. The molecule has 6 heteroatoms. The molecule has 2 aromatic heterocycles. The van der Waals surface area contributed by atoms with Crippen LogP contribution in [-0.2, 0) is 0 Å². The summed E-state index contributed by atoms with van der Waals surface area (Å²) in [4.78, 5) is 22.0. The molecule has 0 radical (unpaired) electrons. The summed E-state index contributed by atoms with van der Waals surface area (Å²) in [6.45, 7) is 6.43. The van der Waals surface area contributed by atoms with Crippen LogP contribution in [0.4, 0.5) is 5.95 Å². The SMILES string of the molecule is CCCC(CCC)Nc1nccc(-c2ccn(C(CC)c3cccc(Cl)c3)c(=O)c2)n1. The van der Waals surface area contributed by atoms with E-state index in [-0.39, 0.29) is 11.6 Å². The summed E-state index contributed by atoms with van der Waals surface area (Å²) in [6.07, 6.45) is 8.77. The lowest BCUT2D eigenvalue weighted by atomic mass is 10.0. The Morgan fingerprint density at radius 3 is 2.48 bits per heavy atom. The molecular weight excluding hydrogens is 408 g/mol. The minimum atomic E-state index is -0.0632. The summed E-state index contributed by atoms with van der Waals surface area (Å²) in [5, 5.41) is 4.13. The van der Waals surface area contributed by atoms with Crippen molar-refractivity contribution in [3.05, 3.63) is 75.8 Å². The van der Waals surface area contributed by atoms with Crippen LogP contribution in [0.15, 0.2) is 59.7 Å². The molecule has 0 aliphatic carbocycles. The summed E-state index contributed by atoms with van der Waals surface area (Å²) in [7, 11) is 0. The van der Waals surface area contributed by atoms with Crippen LogP contribution in [-0.4, -0.2) is 20.6 Å². The first-order chi connectivity index (χ1) is 15.0. The fourth-order valence-corrected chi connectivity index (χ4v) is 4.17. The summed E-state index contributed by atoms with van der Waals surface area (Å²) in [5.41, 5.74) is 2.49. The van der Waals surface area contributed by atoms with Crippen molar-refractivity contribution in [1.82, 2.24) is 14.5 Å². The van der Waals surface area contributed by atoms with E-state index in [0.29, 0.717) is 17.0 Å². The average Bonchev–Trinajstić information content (AvgIpc) is 2.76. The van der Waals surface area contributed by atoms with Crippen LogP contribution in [0.3, 0.4) is 0 Å². The lowest BCUT2D eigenvalue weighted by Crippen LogP contribution is -2.24. The van der Waals surface area contributed by atoms with Crippen molar-refractivity contribution in [3.8, 4) is 11.3 Å². The number of rotatable bonds is 10. The van der Waals surface area contributed by atoms with Gasteiger partial charge in [-0.1, -0.05) is 57.3 Å².